The number of benzene rings is 2. The first kappa shape index (κ1) is 26.4. The lowest BCUT2D eigenvalue weighted by molar-refractivity contribution is -0.158. The number of ether oxygens (including phenoxy) is 1. The van der Waals surface area contributed by atoms with E-state index in [1.165, 1.54) is 17.4 Å². The van der Waals surface area contributed by atoms with E-state index in [1.807, 2.05) is 0 Å². The van der Waals surface area contributed by atoms with Crippen molar-refractivity contribution in [1.82, 2.24) is 10.1 Å². The van der Waals surface area contributed by atoms with Crippen LogP contribution in [0.2, 0.25) is 10.0 Å². The van der Waals surface area contributed by atoms with Gasteiger partial charge in [-0.1, -0.05) is 34.4 Å². The molecule has 2 aromatic carbocycles. The van der Waals surface area contributed by atoms with Gasteiger partial charge in [0, 0.05) is 21.7 Å². The van der Waals surface area contributed by atoms with Gasteiger partial charge in [0.2, 0.25) is 0 Å². The summed E-state index contributed by atoms with van der Waals surface area (Å²) in [6.07, 6.45) is 5.05. The summed E-state index contributed by atoms with van der Waals surface area (Å²) in [7, 11) is 0. The number of fused-ring (bicyclic) bond motifs is 3. The van der Waals surface area contributed by atoms with E-state index in [4.69, 9.17) is 39.0 Å². The number of aliphatic hydroxyl groups is 1. The highest BCUT2D eigenvalue weighted by molar-refractivity contribution is 7.18. The van der Waals surface area contributed by atoms with Gasteiger partial charge in [-0.2, -0.15) is 0 Å². The Hall–Kier alpha value is -2.54. The van der Waals surface area contributed by atoms with Crippen molar-refractivity contribution >= 4 is 50.4 Å². The normalized spacial score (nSPS) is 27.8. The standard InChI is InChI=1S/C30H26Cl2FN3O3S/c1-29(38-14-19-25(36-39-27(19)15-6-7-15)24-20(31)4-3-5-21(24)32)12-16-8-9-17(13-29)30(16,37)28-35-26-22(33)10-18(34-2)11-23(26)40-28/h3-5,10-11,15-17,37H,6-9,12-14H2,1H3/t16-,17+,29?,30?. The zero-order chi connectivity index (χ0) is 27.8. The summed E-state index contributed by atoms with van der Waals surface area (Å²) in [6.45, 7) is 9.64. The first-order valence-corrected chi connectivity index (χ1v) is 15.0. The Balaban J connectivity index is 1.17. The molecular weight excluding hydrogens is 572 g/mol. The monoisotopic (exact) mass is 597 g/mol. The molecule has 0 spiro atoms. The van der Waals surface area contributed by atoms with E-state index in [-0.39, 0.29) is 23.0 Å². The van der Waals surface area contributed by atoms with Crippen molar-refractivity contribution in [2.75, 3.05) is 0 Å². The molecule has 3 aliphatic carbocycles. The molecule has 206 valence electrons. The lowest BCUT2D eigenvalue weighted by Gasteiger charge is -2.46. The van der Waals surface area contributed by atoms with Crippen LogP contribution in [-0.2, 0) is 16.9 Å². The zero-order valence-corrected chi connectivity index (χ0v) is 24.0. The van der Waals surface area contributed by atoms with Gasteiger partial charge in [-0.25, -0.2) is 14.2 Å². The molecule has 7 rings (SSSR count). The summed E-state index contributed by atoms with van der Waals surface area (Å²) in [5.41, 5.74) is 0.955. The Kier molecular flexibility index (Phi) is 6.26. The summed E-state index contributed by atoms with van der Waals surface area (Å²) in [5.74, 6) is 0.469. The second-order valence-corrected chi connectivity index (χ2v) is 13.4. The highest BCUT2D eigenvalue weighted by Crippen LogP contribution is 2.59. The predicted molar refractivity (Wildman–Crippen MR) is 152 cm³/mol. The minimum absolute atomic E-state index is 0.0805. The third-order valence-electron chi connectivity index (χ3n) is 8.90. The van der Waals surface area contributed by atoms with Gasteiger partial charge < -0.3 is 14.4 Å². The van der Waals surface area contributed by atoms with Gasteiger partial charge in [0.05, 0.1) is 28.8 Å². The Morgan fingerprint density at radius 3 is 2.52 bits per heavy atom. The summed E-state index contributed by atoms with van der Waals surface area (Å²) in [4.78, 5) is 7.93. The maximum Gasteiger partial charge on any atom is 0.191 e. The molecule has 3 saturated carbocycles. The van der Waals surface area contributed by atoms with Crippen LogP contribution in [0.25, 0.3) is 26.3 Å². The maximum atomic E-state index is 14.7. The Morgan fingerprint density at radius 2 is 1.88 bits per heavy atom. The van der Waals surface area contributed by atoms with Crippen molar-refractivity contribution in [3.63, 3.8) is 0 Å². The van der Waals surface area contributed by atoms with Crippen molar-refractivity contribution in [1.29, 1.82) is 0 Å². The number of thiazole rings is 1. The molecular formula is C30H26Cl2FN3O3S. The zero-order valence-electron chi connectivity index (χ0n) is 21.7. The van der Waals surface area contributed by atoms with Crippen LogP contribution in [0.15, 0.2) is 34.9 Å². The molecule has 4 aromatic rings. The quantitative estimate of drug-likeness (QED) is 0.225. The minimum atomic E-state index is -1.15. The number of hydrogen-bond donors (Lipinski definition) is 1. The van der Waals surface area contributed by atoms with E-state index in [0.29, 0.717) is 56.4 Å². The van der Waals surface area contributed by atoms with Crippen LogP contribution < -0.4 is 0 Å². The van der Waals surface area contributed by atoms with Gasteiger partial charge in [-0.05, 0) is 81.5 Å². The molecule has 2 aromatic heterocycles. The summed E-state index contributed by atoms with van der Waals surface area (Å²) in [6, 6.07) is 8.23. The van der Waals surface area contributed by atoms with Crippen molar-refractivity contribution < 1.29 is 18.8 Å². The smallest absolute Gasteiger partial charge is 0.191 e. The molecule has 40 heavy (non-hydrogen) atoms. The average molecular weight is 599 g/mol. The molecule has 2 heterocycles. The Labute approximate surface area is 244 Å². The number of aromatic nitrogens is 2. The molecule has 10 heteroatoms. The van der Waals surface area contributed by atoms with Crippen LogP contribution in [0.1, 0.15) is 67.7 Å². The third kappa shape index (κ3) is 4.17. The van der Waals surface area contributed by atoms with Gasteiger partial charge in [0.1, 0.15) is 33.4 Å². The van der Waals surface area contributed by atoms with E-state index in [0.717, 1.165) is 37.0 Å². The summed E-state index contributed by atoms with van der Waals surface area (Å²) >= 11 is 14.4. The molecule has 0 aliphatic heterocycles. The van der Waals surface area contributed by atoms with Gasteiger partial charge in [-0.3, -0.25) is 0 Å². The van der Waals surface area contributed by atoms with E-state index in [1.54, 1.807) is 24.3 Å². The molecule has 2 unspecified atom stereocenters. The number of hydrogen-bond acceptors (Lipinski definition) is 6. The van der Waals surface area contributed by atoms with Crippen molar-refractivity contribution in [2.45, 2.75) is 69.2 Å². The number of nitrogens with zero attached hydrogens (tertiary/aromatic N) is 3. The van der Waals surface area contributed by atoms with E-state index >= 15 is 0 Å². The van der Waals surface area contributed by atoms with Gasteiger partial charge in [-0.15, -0.1) is 11.3 Å². The Bertz CT molecular complexity index is 1660. The van der Waals surface area contributed by atoms with E-state index < -0.39 is 17.0 Å². The maximum absolute atomic E-state index is 14.7. The van der Waals surface area contributed by atoms with Gasteiger partial charge in [0.15, 0.2) is 5.69 Å². The predicted octanol–water partition coefficient (Wildman–Crippen LogP) is 8.81. The first-order chi connectivity index (χ1) is 19.2. The van der Waals surface area contributed by atoms with Crippen LogP contribution in [0.3, 0.4) is 0 Å². The van der Waals surface area contributed by atoms with Crippen LogP contribution in [0.4, 0.5) is 10.1 Å². The molecule has 6 nitrogen and oxygen atoms in total. The van der Waals surface area contributed by atoms with Crippen LogP contribution >= 0.6 is 34.5 Å². The molecule has 3 fully saturated rings. The second-order valence-electron chi connectivity index (χ2n) is 11.6. The van der Waals surface area contributed by atoms with Crippen molar-refractivity contribution in [2.24, 2.45) is 11.8 Å². The highest BCUT2D eigenvalue weighted by atomic mass is 35.5. The fraction of sp³-hybridized carbons (Fsp3) is 0.433. The van der Waals surface area contributed by atoms with E-state index in [9.17, 15) is 9.50 Å². The molecule has 0 saturated heterocycles. The lowest BCUT2D eigenvalue weighted by atomic mass is 9.68. The lowest BCUT2D eigenvalue weighted by Crippen LogP contribution is -2.49. The van der Waals surface area contributed by atoms with Gasteiger partial charge >= 0.3 is 0 Å². The molecule has 0 amide bonds. The average Bonchev–Trinajstić information content (AvgIpc) is 3.48. The molecule has 3 aliphatic rings. The molecule has 4 atom stereocenters. The van der Waals surface area contributed by atoms with Crippen molar-refractivity contribution in [3.05, 3.63) is 73.9 Å². The molecule has 0 radical (unpaired) electrons. The second kappa shape index (κ2) is 9.50. The highest BCUT2D eigenvalue weighted by Gasteiger charge is 2.59. The topological polar surface area (TPSA) is 72.7 Å². The summed E-state index contributed by atoms with van der Waals surface area (Å²) < 4.78 is 27.8. The van der Waals surface area contributed by atoms with Crippen molar-refractivity contribution in [3.8, 4) is 11.3 Å². The third-order valence-corrected chi connectivity index (χ3v) is 10.7. The summed E-state index contributed by atoms with van der Waals surface area (Å²) in [5, 5.41) is 18.0. The largest absolute Gasteiger partial charge is 0.382 e. The fourth-order valence-electron chi connectivity index (χ4n) is 6.79. The van der Waals surface area contributed by atoms with Crippen LogP contribution in [0, 0.1) is 24.2 Å². The first-order valence-electron chi connectivity index (χ1n) is 13.5. The Morgan fingerprint density at radius 1 is 1.18 bits per heavy atom. The molecule has 1 N–H and O–H groups in total. The van der Waals surface area contributed by atoms with E-state index in [2.05, 4.69) is 21.9 Å². The SMILES string of the molecule is [C-]#[N+]c1cc(F)c2nc(C3(O)[C@@H]4CC[C@H]3CC(C)(OCc3c(-c5c(Cl)cccc5Cl)noc3C3CC3)C4)sc2c1. The molecule has 2 bridgehead atoms. The van der Waals surface area contributed by atoms with Gasteiger partial charge in [0.25, 0.3) is 0 Å². The van der Waals surface area contributed by atoms with Crippen LogP contribution in [0.5, 0.6) is 0 Å². The number of rotatable bonds is 6. The minimum Gasteiger partial charge on any atom is -0.382 e. The van der Waals surface area contributed by atoms with Crippen LogP contribution in [-0.4, -0.2) is 20.8 Å². The number of halogens is 3. The fourth-order valence-corrected chi connectivity index (χ4v) is 8.63.